The molecular formula is C17H16N6O3. The fourth-order valence-electron chi connectivity index (χ4n) is 3.15. The molecule has 0 bridgehead atoms. The lowest BCUT2D eigenvalue weighted by molar-refractivity contribution is -0.384. The molecule has 4 rings (SSSR count). The van der Waals surface area contributed by atoms with Crippen molar-refractivity contribution in [1.82, 2.24) is 14.6 Å². The second kappa shape index (κ2) is 6.43. The van der Waals surface area contributed by atoms with Crippen LogP contribution >= 0.6 is 0 Å². The zero-order valence-electron chi connectivity index (χ0n) is 13.8. The van der Waals surface area contributed by atoms with Crippen LogP contribution in [0, 0.1) is 10.1 Å². The number of carbonyl (C=O) groups is 1. The van der Waals surface area contributed by atoms with Gasteiger partial charge in [0.2, 0.25) is 5.95 Å². The van der Waals surface area contributed by atoms with Crippen LogP contribution in [0.3, 0.4) is 0 Å². The van der Waals surface area contributed by atoms with Crippen LogP contribution in [-0.2, 0) is 0 Å². The molecule has 132 valence electrons. The molecule has 9 heteroatoms. The van der Waals surface area contributed by atoms with Gasteiger partial charge in [0.1, 0.15) is 0 Å². The molecular weight excluding hydrogens is 336 g/mol. The van der Waals surface area contributed by atoms with Gasteiger partial charge in [-0.05, 0) is 31.0 Å². The van der Waals surface area contributed by atoms with E-state index in [2.05, 4.69) is 20.4 Å². The van der Waals surface area contributed by atoms with Crippen LogP contribution in [0.2, 0.25) is 0 Å². The molecule has 0 unspecified atom stereocenters. The monoisotopic (exact) mass is 352 g/mol. The Morgan fingerprint density at radius 2 is 1.96 bits per heavy atom. The summed E-state index contributed by atoms with van der Waals surface area (Å²) in [4.78, 5) is 25.6. The van der Waals surface area contributed by atoms with E-state index >= 15 is 0 Å². The van der Waals surface area contributed by atoms with Gasteiger partial charge in [-0.3, -0.25) is 24.6 Å². The zero-order valence-corrected chi connectivity index (χ0v) is 13.8. The lowest BCUT2D eigenvalue weighted by Gasteiger charge is -2.20. The van der Waals surface area contributed by atoms with Crippen molar-refractivity contribution in [3.05, 3.63) is 58.3 Å². The third-order valence-electron chi connectivity index (χ3n) is 4.42. The number of nitro benzene ring substituents is 1. The Bertz CT molecular complexity index is 993. The summed E-state index contributed by atoms with van der Waals surface area (Å²) in [7, 11) is 0. The molecule has 1 fully saturated rings. The van der Waals surface area contributed by atoms with Crippen LogP contribution in [-0.4, -0.2) is 38.5 Å². The summed E-state index contributed by atoms with van der Waals surface area (Å²) in [5.41, 5.74) is 1.43. The summed E-state index contributed by atoms with van der Waals surface area (Å²) in [5, 5.41) is 21.8. The fraction of sp³-hybridized carbons (Fsp3) is 0.235. The van der Waals surface area contributed by atoms with E-state index in [1.54, 1.807) is 28.8 Å². The summed E-state index contributed by atoms with van der Waals surface area (Å²) < 4.78 is 1.64. The minimum atomic E-state index is -0.503. The molecule has 1 aromatic carbocycles. The number of aromatic nitrogens is 3. The Morgan fingerprint density at radius 3 is 2.73 bits per heavy atom. The normalized spacial score (nSPS) is 13.9. The van der Waals surface area contributed by atoms with Crippen molar-refractivity contribution < 1.29 is 9.72 Å². The number of nitrogens with one attached hydrogen (secondary N) is 1. The van der Waals surface area contributed by atoms with Crippen molar-refractivity contribution in [2.24, 2.45) is 0 Å². The van der Waals surface area contributed by atoms with Gasteiger partial charge >= 0.3 is 0 Å². The number of benzene rings is 1. The third-order valence-corrected chi connectivity index (χ3v) is 4.42. The van der Waals surface area contributed by atoms with Crippen LogP contribution < -0.4 is 10.2 Å². The number of non-ortho nitro benzene ring substituents is 1. The Kier molecular flexibility index (Phi) is 3.96. The van der Waals surface area contributed by atoms with Crippen molar-refractivity contribution in [3.8, 4) is 0 Å². The average molecular weight is 352 g/mol. The summed E-state index contributed by atoms with van der Waals surface area (Å²) in [5.74, 6) is -0.182. The maximum absolute atomic E-state index is 12.9. The van der Waals surface area contributed by atoms with Crippen molar-refractivity contribution in [1.29, 1.82) is 0 Å². The summed E-state index contributed by atoms with van der Waals surface area (Å²) in [6, 6.07) is 9.77. The number of rotatable bonds is 4. The zero-order chi connectivity index (χ0) is 18.1. The molecule has 26 heavy (non-hydrogen) atoms. The van der Waals surface area contributed by atoms with E-state index in [1.165, 1.54) is 12.1 Å². The van der Waals surface area contributed by atoms with Gasteiger partial charge in [-0.25, -0.2) is 0 Å². The molecule has 1 aliphatic rings. The SMILES string of the molecule is O=C(Nc1nnc2ccccn12)c1cc([N+](=O)[O-])ccc1N1CCCC1. The van der Waals surface area contributed by atoms with Crippen molar-refractivity contribution in [2.75, 3.05) is 23.3 Å². The Morgan fingerprint density at radius 1 is 1.15 bits per heavy atom. The second-order valence-electron chi connectivity index (χ2n) is 6.06. The highest BCUT2D eigenvalue weighted by Gasteiger charge is 2.23. The molecule has 0 saturated carbocycles. The number of nitro groups is 1. The van der Waals surface area contributed by atoms with Crippen LogP contribution in [0.15, 0.2) is 42.6 Å². The van der Waals surface area contributed by atoms with Gasteiger partial charge in [0.15, 0.2) is 5.65 Å². The summed E-state index contributed by atoms with van der Waals surface area (Å²) in [6.45, 7) is 1.65. The maximum atomic E-state index is 12.9. The molecule has 3 heterocycles. The standard InChI is InChI=1S/C17H16N6O3/c24-16(18-17-20-19-15-5-1-2-10-22(15)17)13-11-12(23(25)26)6-7-14(13)21-8-3-4-9-21/h1-2,5-7,10-11H,3-4,8-9H2,(H,18,20,24). The first-order chi connectivity index (χ1) is 12.6. The molecule has 9 nitrogen and oxygen atoms in total. The number of amides is 1. The molecule has 0 atom stereocenters. The van der Waals surface area contributed by atoms with Crippen LogP contribution in [0.1, 0.15) is 23.2 Å². The number of fused-ring (bicyclic) bond motifs is 1. The molecule has 1 N–H and O–H groups in total. The lowest BCUT2D eigenvalue weighted by atomic mass is 10.1. The summed E-state index contributed by atoms with van der Waals surface area (Å²) in [6.07, 6.45) is 3.81. The predicted molar refractivity (Wildman–Crippen MR) is 95.5 cm³/mol. The Balaban J connectivity index is 1.71. The van der Waals surface area contributed by atoms with Crippen molar-refractivity contribution in [2.45, 2.75) is 12.8 Å². The average Bonchev–Trinajstić information content (AvgIpc) is 3.31. The van der Waals surface area contributed by atoms with Gasteiger partial charge in [0.25, 0.3) is 11.6 Å². The first kappa shape index (κ1) is 16.0. The molecule has 0 radical (unpaired) electrons. The van der Waals surface area contributed by atoms with Crippen LogP contribution in [0.5, 0.6) is 0 Å². The van der Waals surface area contributed by atoms with E-state index in [9.17, 15) is 14.9 Å². The largest absolute Gasteiger partial charge is 0.371 e. The number of hydrogen-bond acceptors (Lipinski definition) is 6. The lowest BCUT2D eigenvalue weighted by Crippen LogP contribution is -2.23. The number of carbonyl (C=O) groups excluding carboxylic acids is 1. The number of pyridine rings is 1. The first-order valence-electron chi connectivity index (χ1n) is 8.28. The van der Waals surface area contributed by atoms with Crippen molar-refractivity contribution in [3.63, 3.8) is 0 Å². The topological polar surface area (TPSA) is 106 Å². The molecule has 1 saturated heterocycles. The highest BCUT2D eigenvalue weighted by molar-refractivity contribution is 6.08. The molecule has 2 aromatic heterocycles. The van der Waals surface area contributed by atoms with Gasteiger partial charge in [-0.2, -0.15) is 0 Å². The smallest absolute Gasteiger partial charge is 0.270 e. The Labute approximate surface area is 148 Å². The molecule has 0 aliphatic carbocycles. The highest BCUT2D eigenvalue weighted by atomic mass is 16.6. The van der Waals surface area contributed by atoms with E-state index in [1.807, 2.05) is 6.07 Å². The van der Waals surface area contributed by atoms with E-state index in [0.717, 1.165) is 25.9 Å². The highest BCUT2D eigenvalue weighted by Crippen LogP contribution is 2.29. The fourth-order valence-corrected chi connectivity index (χ4v) is 3.15. The van der Waals surface area contributed by atoms with Crippen molar-refractivity contribution >= 4 is 28.9 Å². The van der Waals surface area contributed by atoms with Crippen LogP contribution in [0.4, 0.5) is 17.3 Å². The maximum Gasteiger partial charge on any atom is 0.270 e. The van der Waals surface area contributed by atoms with Crippen LogP contribution in [0.25, 0.3) is 5.65 Å². The van der Waals surface area contributed by atoms with Gasteiger partial charge in [-0.15, -0.1) is 10.2 Å². The second-order valence-corrected chi connectivity index (χ2v) is 6.06. The van der Waals surface area contributed by atoms with Gasteiger partial charge in [-0.1, -0.05) is 6.07 Å². The minimum absolute atomic E-state index is 0.121. The van der Waals surface area contributed by atoms with E-state index in [0.29, 0.717) is 11.3 Å². The number of nitrogens with zero attached hydrogens (tertiary/aromatic N) is 5. The molecule has 1 aliphatic heterocycles. The molecule has 0 spiro atoms. The van der Waals surface area contributed by atoms with Gasteiger partial charge in [0, 0.05) is 31.4 Å². The quantitative estimate of drug-likeness (QED) is 0.571. The van der Waals surface area contributed by atoms with E-state index in [-0.39, 0.29) is 17.2 Å². The molecule has 1 amide bonds. The number of anilines is 2. The third kappa shape index (κ3) is 2.83. The first-order valence-corrected chi connectivity index (χ1v) is 8.28. The minimum Gasteiger partial charge on any atom is -0.371 e. The van der Waals surface area contributed by atoms with E-state index in [4.69, 9.17) is 0 Å². The van der Waals surface area contributed by atoms with Gasteiger partial charge in [0.05, 0.1) is 16.2 Å². The number of hydrogen-bond donors (Lipinski definition) is 1. The summed E-state index contributed by atoms with van der Waals surface area (Å²) >= 11 is 0. The predicted octanol–water partition coefficient (Wildman–Crippen LogP) is 2.49. The molecule has 3 aromatic rings. The Hall–Kier alpha value is -3.49. The van der Waals surface area contributed by atoms with E-state index < -0.39 is 10.8 Å². The van der Waals surface area contributed by atoms with Gasteiger partial charge < -0.3 is 4.90 Å².